The molecule has 180 valence electrons. The van der Waals surface area contributed by atoms with E-state index in [0.717, 1.165) is 30.6 Å². The van der Waals surface area contributed by atoms with Crippen LogP contribution >= 0.6 is 11.8 Å². The summed E-state index contributed by atoms with van der Waals surface area (Å²) in [6, 6.07) is 11.3. The monoisotopic (exact) mass is 482 g/mol. The van der Waals surface area contributed by atoms with Crippen LogP contribution in [-0.4, -0.2) is 46.8 Å². The Morgan fingerprint density at radius 3 is 2.53 bits per heavy atom. The molecule has 2 heterocycles. The lowest BCUT2D eigenvalue weighted by molar-refractivity contribution is -0.144. The third-order valence-corrected chi connectivity index (χ3v) is 7.15. The largest absolute Gasteiger partial charge is 0.468 e. The van der Waals surface area contributed by atoms with E-state index in [1.807, 2.05) is 30.3 Å². The van der Waals surface area contributed by atoms with Crippen molar-refractivity contribution in [2.24, 2.45) is 5.92 Å². The summed E-state index contributed by atoms with van der Waals surface area (Å²) in [5, 5.41) is 8.38. The average molecular weight is 483 g/mol. The minimum atomic E-state index is -0.801. The van der Waals surface area contributed by atoms with Crippen molar-refractivity contribution in [2.45, 2.75) is 61.7 Å². The summed E-state index contributed by atoms with van der Waals surface area (Å²) in [5.41, 5.74) is 0. The number of amides is 3. The molecule has 1 aromatic heterocycles. The first-order chi connectivity index (χ1) is 16.6. The van der Waals surface area contributed by atoms with Gasteiger partial charge < -0.3 is 20.7 Å². The Labute approximate surface area is 203 Å². The van der Waals surface area contributed by atoms with E-state index in [1.165, 1.54) is 18.2 Å². The van der Waals surface area contributed by atoms with Gasteiger partial charge in [-0.05, 0) is 36.6 Å². The van der Waals surface area contributed by atoms with Crippen LogP contribution in [-0.2, 0) is 14.4 Å². The van der Waals surface area contributed by atoms with E-state index in [0.29, 0.717) is 18.1 Å². The van der Waals surface area contributed by atoms with Crippen molar-refractivity contribution < 1.29 is 19.1 Å². The smallest absolute Gasteiger partial charge is 0.251 e. The zero-order chi connectivity index (χ0) is 23.8. The fourth-order valence-corrected chi connectivity index (χ4v) is 5.00. The van der Waals surface area contributed by atoms with Gasteiger partial charge in [-0.15, -0.1) is 11.8 Å². The number of rotatable bonds is 10. The van der Waals surface area contributed by atoms with E-state index in [1.54, 1.807) is 24.5 Å². The van der Waals surface area contributed by atoms with Gasteiger partial charge in [0.15, 0.2) is 6.04 Å². The van der Waals surface area contributed by atoms with Gasteiger partial charge in [-0.1, -0.05) is 50.3 Å². The SMILES string of the molecule is O=C(CSc1ccncc1)N[C@@H](CC1CCCCC1)C(=O)N[C@@H]1C(=O)N[C@H]1Oc1ccccc1. The van der Waals surface area contributed by atoms with Gasteiger partial charge in [0.05, 0.1) is 5.75 Å². The normalized spacial score (nSPS) is 21.0. The van der Waals surface area contributed by atoms with Crippen molar-refractivity contribution in [2.75, 3.05) is 5.75 Å². The maximum atomic E-state index is 13.2. The lowest BCUT2D eigenvalue weighted by Crippen LogP contribution is -2.72. The molecular formula is C25H30N4O4S. The fourth-order valence-electron chi connectivity index (χ4n) is 4.30. The molecule has 3 amide bonds. The van der Waals surface area contributed by atoms with Crippen molar-refractivity contribution in [1.29, 1.82) is 0 Å². The minimum Gasteiger partial charge on any atom is -0.468 e. The Morgan fingerprint density at radius 2 is 1.82 bits per heavy atom. The lowest BCUT2D eigenvalue weighted by atomic mass is 9.84. The van der Waals surface area contributed by atoms with E-state index < -0.39 is 18.3 Å². The van der Waals surface area contributed by atoms with Crippen molar-refractivity contribution in [1.82, 2.24) is 20.9 Å². The van der Waals surface area contributed by atoms with Crippen molar-refractivity contribution >= 4 is 29.5 Å². The number of hydrogen-bond donors (Lipinski definition) is 3. The number of benzene rings is 1. The van der Waals surface area contributed by atoms with E-state index in [9.17, 15) is 14.4 Å². The third-order valence-electron chi connectivity index (χ3n) is 6.14. The van der Waals surface area contributed by atoms with Crippen LogP contribution in [0.25, 0.3) is 0 Å². The highest BCUT2D eigenvalue weighted by Crippen LogP contribution is 2.28. The Kier molecular flexibility index (Phi) is 8.41. The van der Waals surface area contributed by atoms with Crippen molar-refractivity contribution in [3.05, 3.63) is 54.9 Å². The van der Waals surface area contributed by atoms with Crippen LogP contribution in [0.5, 0.6) is 5.75 Å². The number of hydrogen-bond acceptors (Lipinski definition) is 6. The van der Waals surface area contributed by atoms with E-state index >= 15 is 0 Å². The number of carbonyl (C=O) groups is 3. The van der Waals surface area contributed by atoms with Gasteiger partial charge in [0.25, 0.3) is 5.91 Å². The first kappa shape index (κ1) is 24.1. The molecule has 2 fully saturated rings. The molecule has 8 nitrogen and oxygen atoms in total. The number of carbonyl (C=O) groups excluding carboxylic acids is 3. The molecule has 1 saturated heterocycles. The molecule has 34 heavy (non-hydrogen) atoms. The van der Waals surface area contributed by atoms with Crippen molar-refractivity contribution in [3.63, 3.8) is 0 Å². The van der Waals surface area contributed by atoms with Crippen LogP contribution in [0.3, 0.4) is 0 Å². The predicted octanol–water partition coefficient (Wildman–Crippen LogP) is 2.65. The third kappa shape index (κ3) is 6.72. The number of nitrogens with one attached hydrogen (secondary N) is 3. The van der Waals surface area contributed by atoms with Gasteiger partial charge in [-0.2, -0.15) is 0 Å². The minimum absolute atomic E-state index is 0.197. The van der Waals surface area contributed by atoms with Gasteiger partial charge in [0.2, 0.25) is 18.0 Å². The topological polar surface area (TPSA) is 109 Å². The van der Waals surface area contributed by atoms with E-state index in [2.05, 4.69) is 20.9 Å². The lowest BCUT2D eigenvalue weighted by Gasteiger charge is -2.37. The zero-order valence-electron chi connectivity index (χ0n) is 18.9. The second kappa shape index (κ2) is 11.9. The van der Waals surface area contributed by atoms with Crippen LogP contribution in [0.4, 0.5) is 0 Å². The average Bonchev–Trinajstić information content (AvgIpc) is 2.87. The van der Waals surface area contributed by atoms with Gasteiger partial charge in [-0.3, -0.25) is 19.4 Å². The molecule has 1 aromatic carbocycles. The summed E-state index contributed by atoms with van der Waals surface area (Å²) in [6.45, 7) is 0. The number of aromatic nitrogens is 1. The van der Waals surface area contributed by atoms with Crippen LogP contribution in [0.1, 0.15) is 38.5 Å². The molecule has 1 saturated carbocycles. The summed E-state index contributed by atoms with van der Waals surface area (Å²) in [4.78, 5) is 43.0. The molecule has 1 aliphatic carbocycles. The Morgan fingerprint density at radius 1 is 1.09 bits per heavy atom. The number of pyridine rings is 1. The first-order valence-corrected chi connectivity index (χ1v) is 12.7. The Hall–Kier alpha value is -3.07. The summed E-state index contributed by atoms with van der Waals surface area (Å²) in [6.07, 6.45) is 8.87. The van der Waals surface area contributed by atoms with Crippen LogP contribution in [0.2, 0.25) is 0 Å². The maximum absolute atomic E-state index is 13.2. The van der Waals surface area contributed by atoms with Crippen LogP contribution < -0.4 is 20.7 Å². The summed E-state index contributed by atoms with van der Waals surface area (Å²) >= 11 is 1.39. The predicted molar refractivity (Wildman–Crippen MR) is 129 cm³/mol. The molecule has 4 rings (SSSR count). The summed E-state index contributed by atoms with van der Waals surface area (Å²) < 4.78 is 5.79. The summed E-state index contributed by atoms with van der Waals surface area (Å²) in [5.74, 6) is 0.311. The molecule has 2 aliphatic rings. The Bertz CT molecular complexity index is 969. The molecule has 0 radical (unpaired) electrons. The van der Waals surface area contributed by atoms with Crippen molar-refractivity contribution in [3.8, 4) is 5.75 Å². The molecule has 1 aliphatic heterocycles. The maximum Gasteiger partial charge on any atom is 0.251 e. The Balaban J connectivity index is 1.36. The standard InChI is InChI=1S/C25H30N4O4S/c30-21(16-34-19-11-13-26-14-12-19)27-20(15-17-7-3-1-4-8-17)23(31)28-22-24(32)29-25(22)33-18-9-5-2-6-10-18/h2,5-6,9-14,17,20,22,25H,1,3-4,7-8,15-16H2,(H,27,30)(H,28,31)(H,29,32)/t20-,22+,25-/m0/s1. The molecule has 3 atom stereocenters. The summed E-state index contributed by atoms with van der Waals surface area (Å²) in [7, 11) is 0. The van der Waals surface area contributed by atoms with Gasteiger partial charge in [-0.25, -0.2) is 0 Å². The first-order valence-electron chi connectivity index (χ1n) is 11.7. The van der Waals surface area contributed by atoms with Crippen LogP contribution in [0.15, 0.2) is 59.8 Å². The molecule has 3 N–H and O–H groups in total. The molecule has 2 aromatic rings. The van der Waals surface area contributed by atoms with E-state index in [4.69, 9.17) is 4.74 Å². The van der Waals surface area contributed by atoms with Gasteiger partial charge in [0.1, 0.15) is 11.8 Å². The highest BCUT2D eigenvalue weighted by molar-refractivity contribution is 8.00. The van der Waals surface area contributed by atoms with E-state index in [-0.39, 0.29) is 23.5 Å². The van der Waals surface area contributed by atoms with Crippen LogP contribution in [0, 0.1) is 5.92 Å². The quantitative estimate of drug-likeness (QED) is 0.355. The number of β-lactam (4-membered cyclic amide) rings is 1. The number of para-hydroxylation sites is 1. The highest BCUT2D eigenvalue weighted by Gasteiger charge is 2.43. The number of thioether (sulfide) groups is 1. The number of nitrogens with zero attached hydrogens (tertiary/aromatic N) is 1. The molecule has 0 bridgehead atoms. The molecule has 9 heteroatoms. The zero-order valence-corrected chi connectivity index (χ0v) is 19.8. The fraction of sp³-hybridized carbons (Fsp3) is 0.440. The van der Waals surface area contributed by atoms with Gasteiger partial charge in [0, 0.05) is 17.3 Å². The molecule has 0 spiro atoms. The molecular weight excluding hydrogens is 452 g/mol. The second-order valence-corrected chi connectivity index (χ2v) is 9.73. The second-order valence-electron chi connectivity index (χ2n) is 8.68. The number of ether oxygens (including phenoxy) is 1. The molecule has 0 unspecified atom stereocenters. The van der Waals surface area contributed by atoms with Gasteiger partial charge >= 0.3 is 0 Å². The highest BCUT2D eigenvalue weighted by atomic mass is 32.2.